The molecular formula is C17H21FN2O3. The Morgan fingerprint density at radius 2 is 2.35 bits per heavy atom. The molecule has 124 valence electrons. The number of rotatable bonds is 6. The van der Waals surface area contributed by atoms with Gasteiger partial charge in [-0.05, 0) is 43.7 Å². The second kappa shape index (κ2) is 7.37. The van der Waals surface area contributed by atoms with Crippen molar-refractivity contribution in [2.45, 2.75) is 19.0 Å². The number of halogens is 1. The van der Waals surface area contributed by atoms with Gasteiger partial charge in [0.15, 0.2) is 0 Å². The summed E-state index contributed by atoms with van der Waals surface area (Å²) < 4.78 is 14.6. The molecule has 6 heteroatoms. The predicted octanol–water partition coefficient (Wildman–Crippen LogP) is 2.08. The van der Waals surface area contributed by atoms with Crippen LogP contribution in [0.4, 0.5) is 10.1 Å². The predicted molar refractivity (Wildman–Crippen MR) is 87.0 cm³/mol. The average molecular weight is 320 g/mol. The lowest BCUT2D eigenvalue weighted by Crippen LogP contribution is -2.50. The molecule has 23 heavy (non-hydrogen) atoms. The van der Waals surface area contributed by atoms with Crippen molar-refractivity contribution >= 4 is 24.1 Å². The maximum Gasteiger partial charge on any atom is 0.328 e. The van der Waals surface area contributed by atoms with E-state index in [9.17, 15) is 14.0 Å². The number of anilines is 1. The molecule has 0 bridgehead atoms. The van der Waals surface area contributed by atoms with E-state index in [-0.39, 0.29) is 12.5 Å². The molecule has 0 saturated carbocycles. The number of carboxylic acid groups (broad SMARTS) is 1. The van der Waals surface area contributed by atoms with Crippen LogP contribution in [0.5, 0.6) is 0 Å². The number of amides is 1. The number of piperidine rings is 1. The molecule has 1 aliphatic heterocycles. The number of carbonyl (C=O) groups excluding carboxylic acids is 1. The van der Waals surface area contributed by atoms with Crippen LogP contribution in [0.3, 0.4) is 0 Å². The molecule has 0 aliphatic carbocycles. The Bertz CT molecular complexity index is 601. The fourth-order valence-corrected chi connectivity index (χ4v) is 2.70. The van der Waals surface area contributed by atoms with E-state index in [2.05, 4.69) is 5.32 Å². The minimum Gasteiger partial charge on any atom is -0.478 e. The second-order valence-electron chi connectivity index (χ2n) is 5.95. The van der Waals surface area contributed by atoms with Gasteiger partial charge >= 0.3 is 5.97 Å². The third-order valence-electron chi connectivity index (χ3n) is 4.20. The van der Waals surface area contributed by atoms with Gasteiger partial charge in [0.25, 0.3) is 0 Å². The lowest BCUT2D eigenvalue weighted by atomic mass is 9.84. The fraction of sp³-hybridized carbons (Fsp3) is 0.412. The number of hydrogen-bond donors (Lipinski definition) is 2. The van der Waals surface area contributed by atoms with Crippen molar-refractivity contribution in [1.29, 1.82) is 0 Å². The summed E-state index contributed by atoms with van der Waals surface area (Å²) in [6, 6.07) is 6.94. The van der Waals surface area contributed by atoms with E-state index in [0.717, 1.165) is 6.08 Å². The average Bonchev–Trinajstić information content (AvgIpc) is 2.52. The molecule has 0 spiro atoms. The third-order valence-corrected chi connectivity index (χ3v) is 4.20. The SMILES string of the molecule is CC1(F)CCNCC1CN(C=O)c1cccc(/C=C/C(=O)O)c1. The van der Waals surface area contributed by atoms with Gasteiger partial charge in [0.1, 0.15) is 5.67 Å². The Hall–Kier alpha value is -2.21. The van der Waals surface area contributed by atoms with E-state index < -0.39 is 11.6 Å². The highest BCUT2D eigenvalue weighted by atomic mass is 19.1. The van der Waals surface area contributed by atoms with E-state index in [1.807, 2.05) is 0 Å². The summed E-state index contributed by atoms with van der Waals surface area (Å²) in [5, 5.41) is 11.8. The van der Waals surface area contributed by atoms with E-state index in [0.29, 0.717) is 37.2 Å². The van der Waals surface area contributed by atoms with Gasteiger partial charge in [0.2, 0.25) is 6.41 Å². The van der Waals surface area contributed by atoms with Crippen molar-refractivity contribution in [1.82, 2.24) is 5.32 Å². The molecule has 1 fully saturated rings. The quantitative estimate of drug-likeness (QED) is 0.622. The lowest BCUT2D eigenvalue weighted by Gasteiger charge is -2.37. The van der Waals surface area contributed by atoms with E-state index in [4.69, 9.17) is 5.11 Å². The smallest absolute Gasteiger partial charge is 0.328 e. The van der Waals surface area contributed by atoms with Crippen LogP contribution in [0.15, 0.2) is 30.3 Å². The highest BCUT2D eigenvalue weighted by molar-refractivity contribution is 5.86. The number of benzene rings is 1. The van der Waals surface area contributed by atoms with Crippen molar-refractivity contribution in [3.8, 4) is 0 Å². The van der Waals surface area contributed by atoms with Gasteiger partial charge < -0.3 is 15.3 Å². The van der Waals surface area contributed by atoms with Crippen molar-refractivity contribution in [3.63, 3.8) is 0 Å². The van der Waals surface area contributed by atoms with Crippen molar-refractivity contribution in [2.75, 3.05) is 24.5 Å². The Morgan fingerprint density at radius 3 is 3.00 bits per heavy atom. The summed E-state index contributed by atoms with van der Waals surface area (Å²) in [6.45, 7) is 3.01. The maximum absolute atomic E-state index is 14.6. The first-order valence-electron chi connectivity index (χ1n) is 7.55. The fourth-order valence-electron chi connectivity index (χ4n) is 2.70. The molecule has 2 N–H and O–H groups in total. The van der Waals surface area contributed by atoms with Crippen molar-refractivity contribution in [2.24, 2.45) is 5.92 Å². The van der Waals surface area contributed by atoms with Crippen LogP contribution in [0.2, 0.25) is 0 Å². The zero-order valence-electron chi connectivity index (χ0n) is 13.0. The molecule has 2 atom stereocenters. The van der Waals surface area contributed by atoms with Crippen LogP contribution in [-0.4, -0.2) is 42.8 Å². The molecule has 5 nitrogen and oxygen atoms in total. The van der Waals surface area contributed by atoms with Gasteiger partial charge in [-0.1, -0.05) is 12.1 Å². The van der Waals surface area contributed by atoms with Crippen LogP contribution >= 0.6 is 0 Å². The highest BCUT2D eigenvalue weighted by Crippen LogP contribution is 2.30. The van der Waals surface area contributed by atoms with Gasteiger partial charge in [-0.25, -0.2) is 9.18 Å². The molecule has 0 aromatic heterocycles. The number of aliphatic carboxylic acids is 1. The van der Waals surface area contributed by atoms with E-state index in [1.54, 1.807) is 31.2 Å². The number of carboxylic acids is 1. The Kier molecular flexibility index (Phi) is 5.50. The summed E-state index contributed by atoms with van der Waals surface area (Å²) in [6.07, 6.45) is 3.60. The molecule has 1 heterocycles. The molecule has 1 aromatic rings. The van der Waals surface area contributed by atoms with Crippen molar-refractivity contribution < 1.29 is 19.1 Å². The van der Waals surface area contributed by atoms with E-state index >= 15 is 0 Å². The minimum atomic E-state index is -1.31. The molecule has 2 unspecified atom stereocenters. The Balaban J connectivity index is 2.15. The molecule has 2 rings (SSSR count). The molecule has 1 aliphatic rings. The summed E-state index contributed by atoms with van der Waals surface area (Å²) in [7, 11) is 0. The van der Waals surface area contributed by atoms with Gasteiger partial charge in [-0.15, -0.1) is 0 Å². The zero-order chi connectivity index (χ0) is 16.9. The summed E-state index contributed by atoms with van der Waals surface area (Å²) in [4.78, 5) is 23.5. The van der Waals surface area contributed by atoms with Gasteiger partial charge in [-0.2, -0.15) is 0 Å². The molecule has 1 amide bonds. The van der Waals surface area contributed by atoms with Crippen molar-refractivity contribution in [3.05, 3.63) is 35.9 Å². The van der Waals surface area contributed by atoms with Crippen LogP contribution in [0.1, 0.15) is 18.9 Å². The normalized spacial score (nSPS) is 24.5. The molecular weight excluding hydrogens is 299 g/mol. The van der Waals surface area contributed by atoms with Gasteiger partial charge in [0, 0.05) is 30.8 Å². The summed E-state index contributed by atoms with van der Waals surface area (Å²) in [5.41, 5.74) is -0.0247. The largest absolute Gasteiger partial charge is 0.478 e. The summed E-state index contributed by atoms with van der Waals surface area (Å²) >= 11 is 0. The first kappa shape index (κ1) is 17.1. The zero-order valence-corrected chi connectivity index (χ0v) is 13.0. The number of nitrogens with one attached hydrogen (secondary N) is 1. The number of hydrogen-bond acceptors (Lipinski definition) is 3. The van der Waals surface area contributed by atoms with Gasteiger partial charge in [0.05, 0.1) is 0 Å². The lowest BCUT2D eigenvalue weighted by molar-refractivity contribution is -0.131. The molecule has 1 saturated heterocycles. The standard InChI is InChI=1S/C17H21FN2O3/c1-17(18)7-8-19-10-14(17)11-20(12-21)15-4-2-3-13(9-15)5-6-16(22)23/h2-6,9,12,14,19H,7-8,10-11H2,1H3,(H,22,23)/b6-5+. The monoisotopic (exact) mass is 320 g/mol. The first-order valence-corrected chi connectivity index (χ1v) is 7.55. The molecule has 1 aromatic carbocycles. The Labute approximate surface area is 134 Å². The van der Waals surface area contributed by atoms with Gasteiger partial charge in [-0.3, -0.25) is 4.79 Å². The summed E-state index contributed by atoms with van der Waals surface area (Å²) in [5.74, 6) is -1.33. The number of alkyl halides is 1. The Morgan fingerprint density at radius 1 is 1.57 bits per heavy atom. The van der Waals surface area contributed by atoms with Crippen LogP contribution in [-0.2, 0) is 9.59 Å². The number of carbonyl (C=O) groups is 2. The first-order chi connectivity index (χ1) is 10.9. The van der Waals surface area contributed by atoms with Crippen LogP contribution < -0.4 is 10.2 Å². The van der Waals surface area contributed by atoms with E-state index in [1.165, 1.54) is 11.0 Å². The van der Waals surface area contributed by atoms with Crippen LogP contribution in [0, 0.1) is 5.92 Å². The third kappa shape index (κ3) is 4.63. The maximum atomic E-state index is 14.6. The highest BCUT2D eigenvalue weighted by Gasteiger charge is 2.37. The van der Waals surface area contributed by atoms with Crippen LogP contribution in [0.25, 0.3) is 6.08 Å². The topological polar surface area (TPSA) is 69.6 Å². The molecule has 0 radical (unpaired) electrons. The second-order valence-corrected chi connectivity index (χ2v) is 5.95. The number of nitrogens with zero attached hydrogens (tertiary/aromatic N) is 1. The minimum absolute atomic E-state index is 0.273.